The summed E-state index contributed by atoms with van der Waals surface area (Å²) in [5.41, 5.74) is 2.75. The number of nitrogens with two attached hydrogens (primary N) is 1. The van der Waals surface area contributed by atoms with Crippen LogP contribution in [0, 0.1) is 10.1 Å². The van der Waals surface area contributed by atoms with Crippen molar-refractivity contribution in [1.29, 1.82) is 0 Å². The summed E-state index contributed by atoms with van der Waals surface area (Å²) in [6.45, 7) is 2.54. The Hall–Kier alpha value is -1.80. The first kappa shape index (κ1) is 14.6. The summed E-state index contributed by atoms with van der Waals surface area (Å²) in [5.74, 6) is 6.67. The van der Waals surface area contributed by atoms with Crippen molar-refractivity contribution in [3.05, 3.63) is 33.9 Å². The first-order valence-corrected chi connectivity index (χ1v) is 7.34. The zero-order valence-corrected chi connectivity index (χ0v) is 11.9. The molecule has 1 aromatic carbocycles. The molecule has 1 aliphatic rings. The highest BCUT2D eigenvalue weighted by molar-refractivity contribution is 7.99. The second-order valence-corrected chi connectivity index (χ2v) is 5.71. The van der Waals surface area contributed by atoms with E-state index in [4.69, 9.17) is 5.84 Å². The first-order chi connectivity index (χ1) is 9.54. The van der Waals surface area contributed by atoms with Gasteiger partial charge in [-0.25, -0.2) is 0 Å². The van der Waals surface area contributed by atoms with Gasteiger partial charge in [-0.15, -0.1) is 0 Å². The van der Waals surface area contributed by atoms with Crippen molar-refractivity contribution in [2.45, 2.75) is 13.0 Å². The lowest BCUT2D eigenvalue weighted by molar-refractivity contribution is -0.385. The zero-order chi connectivity index (χ0) is 14.7. The summed E-state index contributed by atoms with van der Waals surface area (Å²) in [5, 5.41) is 11.1. The molecule has 1 saturated heterocycles. The van der Waals surface area contributed by atoms with Gasteiger partial charge in [0, 0.05) is 35.8 Å². The second kappa shape index (κ2) is 6.10. The van der Waals surface area contributed by atoms with Crippen LogP contribution in [0.15, 0.2) is 18.2 Å². The molecule has 1 heterocycles. The summed E-state index contributed by atoms with van der Waals surface area (Å²) in [4.78, 5) is 24.8. The molecule has 108 valence electrons. The number of nitrogens with one attached hydrogen (secondary N) is 1. The van der Waals surface area contributed by atoms with Crippen molar-refractivity contribution in [3.8, 4) is 0 Å². The van der Waals surface area contributed by atoms with E-state index in [1.807, 2.05) is 6.92 Å². The third-order valence-corrected chi connectivity index (χ3v) is 4.41. The highest BCUT2D eigenvalue weighted by Gasteiger charge is 2.29. The molecule has 0 spiro atoms. The van der Waals surface area contributed by atoms with E-state index in [0.29, 0.717) is 12.2 Å². The van der Waals surface area contributed by atoms with Crippen LogP contribution >= 0.6 is 11.8 Å². The van der Waals surface area contributed by atoms with E-state index in [0.717, 1.165) is 11.5 Å². The van der Waals surface area contributed by atoms with E-state index in [1.54, 1.807) is 16.7 Å². The first-order valence-electron chi connectivity index (χ1n) is 6.18. The van der Waals surface area contributed by atoms with Crippen LogP contribution in [0.5, 0.6) is 0 Å². The fourth-order valence-electron chi connectivity index (χ4n) is 2.14. The Labute approximate surface area is 120 Å². The van der Waals surface area contributed by atoms with Gasteiger partial charge in [0.2, 0.25) is 0 Å². The molecule has 0 aliphatic carbocycles. The van der Waals surface area contributed by atoms with Gasteiger partial charge >= 0.3 is 0 Å². The molecule has 0 radical (unpaired) electrons. The van der Waals surface area contributed by atoms with E-state index >= 15 is 0 Å². The molecule has 0 saturated carbocycles. The van der Waals surface area contributed by atoms with Gasteiger partial charge in [0.25, 0.3) is 11.6 Å². The Morgan fingerprint density at radius 3 is 2.95 bits per heavy atom. The van der Waals surface area contributed by atoms with Gasteiger partial charge in [-0.05, 0) is 19.1 Å². The smallest absolute Gasteiger partial charge is 0.282 e. The number of nitrogen functional groups attached to an aromatic ring is 1. The molecule has 1 amide bonds. The number of hydrogen-bond donors (Lipinski definition) is 2. The molecule has 7 nitrogen and oxygen atoms in total. The Kier molecular flexibility index (Phi) is 4.46. The number of nitro benzene ring substituents is 1. The summed E-state index contributed by atoms with van der Waals surface area (Å²) >= 11 is 1.78. The minimum absolute atomic E-state index is 0.0651. The van der Waals surface area contributed by atoms with E-state index in [2.05, 4.69) is 5.43 Å². The van der Waals surface area contributed by atoms with Crippen LogP contribution in [0.25, 0.3) is 0 Å². The summed E-state index contributed by atoms with van der Waals surface area (Å²) in [6.07, 6.45) is 0. The predicted octanol–water partition coefficient (Wildman–Crippen LogP) is 1.46. The van der Waals surface area contributed by atoms with E-state index in [9.17, 15) is 14.9 Å². The molecule has 1 unspecified atom stereocenters. The van der Waals surface area contributed by atoms with Crippen LogP contribution in [0.4, 0.5) is 11.4 Å². The van der Waals surface area contributed by atoms with E-state index in [1.165, 1.54) is 18.2 Å². The molecule has 0 aromatic heterocycles. The summed E-state index contributed by atoms with van der Waals surface area (Å²) in [7, 11) is 0. The van der Waals surface area contributed by atoms with Gasteiger partial charge in [0.1, 0.15) is 5.56 Å². The molecular formula is C12H16N4O3S. The number of hydrogen-bond acceptors (Lipinski definition) is 6. The van der Waals surface area contributed by atoms with Crippen LogP contribution in [0.1, 0.15) is 17.3 Å². The topological polar surface area (TPSA) is 102 Å². The fraction of sp³-hybridized carbons (Fsp3) is 0.417. The van der Waals surface area contributed by atoms with Gasteiger partial charge in [-0.2, -0.15) is 11.8 Å². The molecule has 8 heteroatoms. The minimum Gasteiger partial charge on any atom is -0.334 e. The lowest BCUT2D eigenvalue weighted by Gasteiger charge is -2.33. The Balaban J connectivity index is 2.38. The maximum absolute atomic E-state index is 12.5. The summed E-state index contributed by atoms with van der Waals surface area (Å²) in [6, 6.07) is 4.26. The lowest BCUT2D eigenvalue weighted by Crippen LogP contribution is -2.44. The zero-order valence-electron chi connectivity index (χ0n) is 11.0. The number of carbonyl (C=O) groups excluding carboxylic acids is 1. The Bertz CT molecular complexity index is 537. The average Bonchev–Trinajstić information content (AvgIpc) is 2.46. The molecule has 1 atom stereocenters. The third kappa shape index (κ3) is 2.86. The maximum atomic E-state index is 12.5. The highest BCUT2D eigenvalue weighted by atomic mass is 32.2. The van der Waals surface area contributed by atoms with Gasteiger partial charge in [0.15, 0.2) is 0 Å². The van der Waals surface area contributed by atoms with Crippen LogP contribution < -0.4 is 11.3 Å². The standard InChI is InChI=1S/C12H16N4O3S/c1-8-7-20-5-4-15(8)12(17)10-6-9(14-13)2-3-11(10)16(18)19/h2-3,6,8,14H,4-5,7,13H2,1H3. The molecule has 2 rings (SSSR count). The number of amides is 1. The van der Waals surface area contributed by atoms with Gasteiger partial charge in [-0.1, -0.05) is 0 Å². The SMILES string of the molecule is CC1CSCCN1C(=O)c1cc(NN)ccc1[N+](=O)[O-]. The quantitative estimate of drug-likeness (QED) is 0.497. The van der Waals surface area contributed by atoms with Crippen molar-refractivity contribution in [2.75, 3.05) is 23.5 Å². The normalized spacial score (nSPS) is 18.7. The van der Waals surface area contributed by atoms with Crippen molar-refractivity contribution >= 4 is 29.0 Å². The number of thioether (sulfide) groups is 1. The van der Waals surface area contributed by atoms with Crippen LogP contribution in [0.3, 0.4) is 0 Å². The highest BCUT2D eigenvalue weighted by Crippen LogP contribution is 2.26. The number of nitro groups is 1. The average molecular weight is 296 g/mol. The van der Waals surface area contributed by atoms with E-state index in [-0.39, 0.29) is 23.2 Å². The van der Waals surface area contributed by atoms with Crippen molar-refractivity contribution in [3.63, 3.8) is 0 Å². The molecular weight excluding hydrogens is 280 g/mol. The van der Waals surface area contributed by atoms with E-state index < -0.39 is 4.92 Å². The molecule has 0 bridgehead atoms. The summed E-state index contributed by atoms with van der Waals surface area (Å²) < 4.78 is 0. The third-order valence-electron chi connectivity index (χ3n) is 3.22. The molecule has 20 heavy (non-hydrogen) atoms. The maximum Gasteiger partial charge on any atom is 0.282 e. The fourth-order valence-corrected chi connectivity index (χ4v) is 3.15. The van der Waals surface area contributed by atoms with Gasteiger partial charge in [0.05, 0.1) is 4.92 Å². The molecule has 1 aromatic rings. The number of hydrazine groups is 1. The largest absolute Gasteiger partial charge is 0.334 e. The van der Waals surface area contributed by atoms with Gasteiger partial charge < -0.3 is 10.3 Å². The molecule has 1 fully saturated rings. The molecule has 1 aliphatic heterocycles. The molecule has 3 N–H and O–H groups in total. The predicted molar refractivity (Wildman–Crippen MR) is 78.7 cm³/mol. The number of benzene rings is 1. The lowest BCUT2D eigenvalue weighted by atomic mass is 10.1. The van der Waals surface area contributed by atoms with Crippen molar-refractivity contribution in [2.24, 2.45) is 5.84 Å². The van der Waals surface area contributed by atoms with Crippen molar-refractivity contribution in [1.82, 2.24) is 4.90 Å². The number of carbonyl (C=O) groups is 1. The monoisotopic (exact) mass is 296 g/mol. The number of nitrogens with zero attached hydrogens (tertiary/aromatic N) is 2. The van der Waals surface area contributed by atoms with Gasteiger partial charge in [-0.3, -0.25) is 20.8 Å². The number of anilines is 1. The minimum atomic E-state index is -0.545. The number of rotatable bonds is 3. The van der Waals surface area contributed by atoms with Crippen LogP contribution in [-0.4, -0.2) is 39.8 Å². The second-order valence-electron chi connectivity index (χ2n) is 4.56. The van der Waals surface area contributed by atoms with Crippen LogP contribution in [0.2, 0.25) is 0 Å². The Morgan fingerprint density at radius 2 is 2.35 bits per heavy atom. The van der Waals surface area contributed by atoms with Crippen LogP contribution in [-0.2, 0) is 0 Å². The van der Waals surface area contributed by atoms with Crippen molar-refractivity contribution < 1.29 is 9.72 Å². The Morgan fingerprint density at radius 1 is 1.60 bits per heavy atom.